The lowest BCUT2D eigenvalue weighted by molar-refractivity contribution is 0.245. The van der Waals surface area contributed by atoms with Gasteiger partial charge in [0.1, 0.15) is 0 Å². The molecular weight excluding hydrogens is 386 g/mol. The molecule has 0 radical (unpaired) electrons. The van der Waals surface area contributed by atoms with E-state index in [1.54, 1.807) is 0 Å². The van der Waals surface area contributed by atoms with E-state index in [1.165, 1.54) is 37.2 Å². The van der Waals surface area contributed by atoms with Crippen LogP contribution in [0.15, 0.2) is 29.2 Å². The van der Waals surface area contributed by atoms with Gasteiger partial charge in [0, 0.05) is 44.3 Å². The average molecular weight is 408 g/mol. The molecule has 0 aliphatic carbocycles. The summed E-state index contributed by atoms with van der Waals surface area (Å²) in [5.74, 6) is 0. The van der Waals surface area contributed by atoms with E-state index < -0.39 is 20.2 Å². The lowest BCUT2D eigenvalue weighted by atomic mass is 10.2. The van der Waals surface area contributed by atoms with Crippen LogP contribution in [0.2, 0.25) is 5.02 Å². The zero-order chi connectivity index (χ0) is 18.1. The SMILES string of the molecule is O=S(=O)(c1ccc(Cl)cc1)N1CCN(S(=O)(=O)N2CCCCC2)CC1. The Bertz CT molecular complexity index is 798. The third kappa shape index (κ3) is 4.01. The second-order valence-corrected chi connectivity index (χ2v) is 10.5. The molecule has 140 valence electrons. The third-order valence-corrected chi connectivity index (χ3v) is 8.82. The standard InChI is InChI=1S/C15H22ClN3O4S2/c16-14-4-6-15(7-5-14)24(20,21)17-10-12-19(13-11-17)25(22,23)18-8-2-1-3-9-18/h4-7H,1-3,8-13H2. The van der Waals surface area contributed by atoms with E-state index in [2.05, 4.69) is 0 Å². The monoisotopic (exact) mass is 407 g/mol. The summed E-state index contributed by atoms with van der Waals surface area (Å²) in [5, 5.41) is 0.469. The number of halogens is 1. The number of benzene rings is 1. The zero-order valence-corrected chi connectivity index (χ0v) is 16.2. The summed E-state index contributed by atoms with van der Waals surface area (Å²) in [5.41, 5.74) is 0. The van der Waals surface area contributed by atoms with E-state index >= 15 is 0 Å². The summed E-state index contributed by atoms with van der Waals surface area (Å²) in [6, 6.07) is 6.00. The largest absolute Gasteiger partial charge is 0.282 e. The average Bonchev–Trinajstić information content (AvgIpc) is 2.63. The molecule has 0 bridgehead atoms. The van der Waals surface area contributed by atoms with Crippen LogP contribution < -0.4 is 0 Å². The Kier molecular flexibility index (Phi) is 5.72. The number of sulfonamides is 1. The van der Waals surface area contributed by atoms with Crippen molar-refractivity contribution in [3.8, 4) is 0 Å². The minimum absolute atomic E-state index is 0.151. The van der Waals surface area contributed by atoms with Gasteiger partial charge in [0.2, 0.25) is 10.0 Å². The zero-order valence-electron chi connectivity index (χ0n) is 13.8. The fourth-order valence-electron chi connectivity index (χ4n) is 3.16. The molecule has 2 heterocycles. The van der Waals surface area contributed by atoms with Crippen LogP contribution in [0, 0.1) is 0 Å². The molecule has 0 atom stereocenters. The molecule has 2 aliphatic heterocycles. The van der Waals surface area contributed by atoms with Crippen molar-refractivity contribution in [3.05, 3.63) is 29.3 Å². The first-order valence-corrected chi connectivity index (χ1v) is 11.5. The minimum Gasteiger partial charge on any atom is -0.207 e. The van der Waals surface area contributed by atoms with Gasteiger partial charge in [-0.15, -0.1) is 0 Å². The Morgan fingerprint density at radius 3 is 1.72 bits per heavy atom. The van der Waals surface area contributed by atoms with Crippen molar-refractivity contribution in [1.29, 1.82) is 0 Å². The Morgan fingerprint density at radius 2 is 1.16 bits per heavy atom. The summed E-state index contributed by atoms with van der Waals surface area (Å²) in [7, 11) is -7.13. The summed E-state index contributed by atoms with van der Waals surface area (Å²) < 4.78 is 54.9. The molecule has 0 aromatic heterocycles. The molecule has 2 saturated heterocycles. The van der Waals surface area contributed by atoms with Crippen molar-refractivity contribution < 1.29 is 16.8 Å². The number of rotatable bonds is 4. The number of piperidine rings is 1. The molecule has 0 spiro atoms. The molecule has 1 aromatic carbocycles. The van der Waals surface area contributed by atoms with Crippen molar-refractivity contribution in [1.82, 2.24) is 12.9 Å². The van der Waals surface area contributed by atoms with E-state index in [0.717, 1.165) is 19.3 Å². The molecule has 0 unspecified atom stereocenters. The van der Waals surface area contributed by atoms with Crippen molar-refractivity contribution in [3.63, 3.8) is 0 Å². The van der Waals surface area contributed by atoms with Gasteiger partial charge in [-0.05, 0) is 37.1 Å². The first kappa shape index (κ1) is 19.1. The van der Waals surface area contributed by atoms with Crippen LogP contribution in [0.25, 0.3) is 0 Å². The van der Waals surface area contributed by atoms with Gasteiger partial charge in [-0.1, -0.05) is 18.0 Å². The molecule has 2 aliphatic rings. The molecule has 0 amide bonds. The lowest BCUT2D eigenvalue weighted by Gasteiger charge is -2.37. The van der Waals surface area contributed by atoms with Crippen molar-refractivity contribution in [2.24, 2.45) is 0 Å². The highest BCUT2D eigenvalue weighted by molar-refractivity contribution is 7.89. The normalized spacial score (nSPS) is 22.1. The van der Waals surface area contributed by atoms with E-state index in [1.807, 2.05) is 0 Å². The first-order chi connectivity index (χ1) is 11.8. The Labute approximate surface area is 154 Å². The van der Waals surface area contributed by atoms with Crippen LogP contribution in [-0.2, 0) is 20.2 Å². The summed E-state index contributed by atoms with van der Waals surface area (Å²) in [6.07, 6.45) is 2.81. The Hall–Kier alpha value is -0.710. The van der Waals surface area contributed by atoms with Gasteiger partial charge in [-0.25, -0.2) is 8.42 Å². The third-order valence-electron chi connectivity index (χ3n) is 4.62. The van der Waals surface area contributed by atoms with Crippen molar-refractivity contribution in [2.75, 3.05) is 39.3 Å². The van der Waals surface area contributed by atoms with Crippen LogP contribution >= 0.6 is 11.6 Å². The highest BCUT2D eigenvalue weighted by Crippen LogP contribution is 2.22. The van der Waals surface area contributed by atoms with Crippen LogP contribution in [-0.4, -0.2) is 69.0 Å². The second-order valence-electron chi connectivity index (χ2n) is 6.22. The maximum Gasteiger partial charge on any atom is 0.282 e. The van der Waals surface area contributed by atoms with E-state index in [0.29, 0.717) is 18.1 Å². The predicted molar refractivity (Wildman–Crippen MR) is 96.1 cm³/mol. The van der Waals surface area contributed by atoms with Gasteiger partial charge < -0.3 is 0 Å². The fraction of sp³-hybridized carbons (Fsp3) is 0.600. The maximum absolute atomic E-state index is 12.7. The van der Waals surface area contributed by atoms with Gasteiger partial charge in [0.15, 0.2) is 0 Å². The number of nitrogens with zero attached hydrogens (tertiary/aromatic N) is 3. The lowest BCUT2D eigenvalue weighted by Crippen LogP contribution is -2.54. The molecule has 7 nitrogen and oxygen atoms in total. The summed E-state index contributed by atoms with van der Waals surface area (Å²) in [6.45, 7) is 1.74. The topological polar surface area (TPSA) is 78.0 Å². The first-order valence-electron chi connectivity index (χ1n) is 8.33. The Balaban J connectivity index is 1.68. The molecule has 10 heteroatoms. The predicted octanol–water partition coefficient (Wildman–Crippen LogP) is 1.38. The smallest absolute Gasteiger partial charge is 0.207 e. The van der Waals surface area contributed by atoms with Gasteiger partial charge in [-0.2, -0.15) is 21.3 Å². The van der Waals surface area contributed by atoms with Crippen molar-refractivity contribution >= 4 is 31.8 Å². The molecular formula is C15H22ClN3O4S2. The van der Waals surface area contributed by atoms with Gasteiger partial charge in [-0.3, -0.25) is 0 Å². The van der Waals surface area contributed by atoms with E-state index in [9.17, 15) is 16.8 Å². The summed E-state index contributed by atoms with van der Waals surface area (Å²) >= 11 is 5.80. The number of hydrogen-bond donors (Lipinski definition) is 0. The maximum atomic E-state index is 12.7. The summed E-state index contributed by atoms with van der Waals surface area (Å²) in [4.78, 5) is 0.171. The molecule has 1 aromatic rings. The van der Waals surface area contributed by atoms with Crippen LogP contribution in [0.3, 0.4) is 0 Å². The number of piperazine rings is 1. The van der Waals surface area contributed by atoms with Crippen LogP contribution in [0.4, 0.5) is 0 Å². The Morgan fingerprint density at radius 1 is 0.680 bits per heavy atom. The quantitative estimate of drug-likeness (QED) is 0.755. The van der Waals surface area contributed by atoms with Crippen molar-refractivity contribution in [2.45, 2.75) is 24.2 Å². The molecule has 25 heavy (non-hydrogen) atoms. The highest BCUT2D eigenvalue weighted by atomic mass is 35.5. The van der Waals surface area contributed by atoms with Gasteiger partial charge in [0.05, 0.1) is 4.90 Å². The second kappa shape index (κ2) is 7.50. The van der Waals surface area contributed by atoms with Crippen LogP contribution in [0.1, 0.15) is 19.3 Å². The molecule has 0 saturated carbocycles. The van der Waals surface area contributed by atoms with Gasteiger partial charge >= 0.3 is 0 Å². The highest BCUT2D eigenvalue weighted by Gasteiger charge is 2.36. The van der Waals surface area contributed by atoms with E-state index in [4.69, 9.17) is 11.6 Å². The molecule has 0 N–H and O–H groups in total. The van der Waals surface area contributed by atoms with Crippen LogP contribution in [0.5, 0.6) is 0 Å². The molecule has 2 fully saturated rings. The minimum atomic E-state index is -3.63. The van der Waals surface area contributed by atoms with E-state index in [-0.39, 0.29) is 31.1 Å². The number of hydrogen-bond acceptors (Lipinski definition) is 4. The van der Waals surface area contributed by atoms with Gasteiger partial charge in [0.25, 0.3) is 10.2 Å². The molecule has 3 rings (SSSR count). The fourth-order valence-corrected chi connectivity index (χ4v) is 6.37.